The van der Waals surface area contributed by atoms with Gasteiger partial charge in [-0.2, -0.15) is 15.8 Å². The highest BCUT2D eigenvalue weighted by Gasteiger charge is 2.36. The number of halogens is 6. The highest BCUT2D eigenvalue weighted by molar-refractivity contribution is 6.10. The minimum absolute atomic E-state index is 0.0754. The van der Waals surface area contributed by atoms with Crippen LogP contribution in [-0.2, 0) is 0 Å². The molecule has 0 saturated heterocycles. The second kappa shape index (κ2) is 8.68. The number of hydrogen-bond donors (Lipinski definition) is 0. The van der Waals surface area contributed by atoms with Crippen LogP contribution in [0.3, 0.4) is 0 Å². The molecule has 0 fully saturated rings. The van der Waals surface area contributed by atoms with Crippen LogP contribution < -0.4 is 9.47 Å². The smallest absolute Gasteiger partial charge is 0.406 e. The fourth-order valence-electron chi connectivity index (χ4n) is 4.94. The van der Waals surface area contributed by atoms with Gasteiger partial charge in [0.2, 0.25) is 0 Å². The second-order valence-electron chi connectivity index (χ2n) is 8.54. The van der Waals surface area contributed by atoms with Gasteiger partial charge in [-0.3, -0.25) is 0 Å². The van der Waals surface area contributed by atoms with Crippen molar-refractivity contribution in [2.24, 2.45) is 0 Å². The van der Waals surface area contributed by atoms with Crippen molar-refractivity contribution in [3.63, 3.8) is 0 Å². The SMILES string of the molecule is C/C(C#N)=C1\c2cc(OC(F)(F)F)ccc2-c2cc3c(cc21)C(=C(C#N)C#N)c1cc(OC(F)(F)F)ccc1-3. The molecule has 2 aliphatic carbocycles. The number of nitrogens with zero attached hydrogens (tertiary/aromatic N) is 3. The van der Waals surface area contributed by atoms with E-state index in [2.05, 4.69) is 9.47 Å². The molecule has 192 valence electrons. The van der Waals surface area contributed by atoms with E-state index in [-0.39, 0.29) is 22.3 Å². The number of benzene rings is 3. The summed E-state index contributed by atoms with van der Waals surface area (Å²) in [6.07, 6.45) is -9.90. The zero-order chi connectivity index (χ0) is 28.3. The Hall–Kier alpha value is -5.21. The molecule has 0 saturated carbocycles. The Kier molecular flexibility index (Phi) is 5.66. The molecule has 0 aliphatic heterocycles. The highest BCUT2D eigenvalue weighted by atomic mass is 19.4. The monoisotopic (exact) mass is 535 g/mol. The lowest BCUT2D eigenvalue weighted by Crippen LogP contribution is -2.17. The number of rotatable bonds is 2. The molecule has 5 rings (SSSR count). The predicted molar refractivity (Wildman–Crippen MR) is 125 cm³/mol. The predicted octanol–water partition coefficient (Wildman–Crippen LogP) is 7.64. The second-order valence-corrected chi connectivity index (χ2v) is 8.54. The molecule has 39 heavy (non-hydrogen) atoms. The maximum atomic E-state index is 12.9. The Balaban J connectivity index is 1.78. The maximum absolute atomic E-state index is 12.9. The van der Waals surface area contributed by atoms with E-state index >= 15 is 0 Å². The summed E-state index contributed by atoms with van der Waals surface area (Å²) in [4.78, 5) is 0. The molecule has 0 atom stereocenters. The van der Waals surface area contributed by atoms with Gasteiger partial charge in [0.25, 0.3) is 0 Å². The Bertz CT molecular complexity index is 1760. The normalized spacial score (nSPS) is 14.2. The number of nitriles is 3. The standard InChI is InChI=1S/C28H11F6N3O2/c1-13(10-35)25-21-6-15(38-27(29,30)31)2-4-17(21)19-8-20-18-5-3-16(39-28(32,33)34)7-22(18)26(14(11-36)12-37)24(20)9-23(19)25/h2-9H,1H3/b25-13-. The Morgan fingerprint density at radius 3 is 1.41 bits per heavy atom. The van der Waals surface area contributed by atoms with Crippen molar-refractivity contribution in [3.05, 3.63) is 81.9 Å². The lowest BCUT2D eigenvalue weighted by molar-refractivity contribution is -0.275. The third-order valence-corrected chi connectivity index (χ3v) is 6.28. The van der Waals surface area contributed by atoms with Crippen LogP contribution >= 0.6 is 0 Å². The first-order valence-corrected chi connectivity index (χ1v) is 11.0. The van der Waals surface area contributed by atoms with Crippen LogP contribution in [0.1, 0.15) is 29.2 Å². The van der Waals surface area contributed by atoms with Crippen LogP contribution in [0.2, 0.25) is 0 Å². The summed E-state index contributed by atoms with van der Waals surface area (Å²) in [6, 6.07) is 16.1. The molecule has 0 bridgehead atoms. The first-order chi connectivity index (χ1) is 18.3. The third kappa shape index (κ3) is 4.32. The highest BCUT2D eigenvalue weighted by Crippen LogP contribution is 2.54. The molecule has 3 aromatic carbocycles. The molecule has 11 heteroatoms. The third-order valence-electron chi connectivity index (χ3n) is 6.28. The number of fused-ring (bicyclic) bond motifs is 6. The average molecular weight is 535 g/mol. The van der Waals surface area contributed by atoms with Gasteiger partial charge in [-0.15, -0.1) is 26.3 Å². The summed E-state index contributed by atoms with van der Waals surface area (Å²) >= 11 is 0. The van der Waals surface area contributed by atoms with E-state index in [1.807, 2.05) is 6.07 Å². The van der Waals surface area contributed by atoms with Crippen molar-refractivity contribution in [2.75, 3.05) is 0 Å². The molecule has 0 N–H and O–H groups in total. The van der Waals surface area contributed by atoms with E-state index in [9.17, 15) is 42.1 Å². The fraction of sp³-hybridized carbons (Fsp3) is 0.107. The molecule has 0 radical (unpaired) electrons. The molecule has 0 spiro atoms. The summed E-state index contributed by atoms with van der Waals surface area (Å²) in [7, 11) is 0. The van der Waals surface area contributed by atoms with Gasteiger partial charge in [0, 0.05) is 16.7 Å². The molecule has 0 amide bonds. The zero-order valence-corrected chi connectivity index (χ0v) is 19.5. The van der Waals surface area contributed by atoms with Crippen LogP contribution in [0.25, 0.3) is 33.4 Å². The number of allylic oxidation sites excluding steroid dienone is 2. The Morgan fingerprint density at radius 2 is 0.974 bits per heavy atom. The lowest BCUT2D eigenvalue weighted by Gasteiger charge is -2.11. The van der Waals surface area contributed by atoms with Crippen LogP contribution in [0, 0.1) is 34.0 Å². The molecule has 0 aromatic heterocycles. The van der Waals surface area contributed by atoms with Crippen LogP contribution in [0.5, 0.6) is 11.5 Å². The molecule has 5 nitrogen and oxygen atoms in total. The minimum Gasteiger partial charge on any atom is -0.406 e. The number of hydrogen-bond acceptors (Lipinski definition) is 5. The maximum Gasteiger partial charge on any atom is 0.573 e. The summed E-state index contributed by atoms with van der Waals surface area (Å²) in [6.45, 7) is 1.49. The van der Waals surface area contributed by atoms with E-state index in [4.69, 9.17) is 0 Å². The zero-order valence-electron chi connectivity index (χ0n) is 19.5. The van der Waals surface area contributed by atoms with Gasteiger partial charge in [-0.25, -0.2) is 0 Å². The average Bonchev–Trinajstić information content (AvgIpc) is 3.32. The van der Waals surface area contributed by atoms with Crippen molar-refractivity contribution < 1.29 is 35.8 Å². The molecular weight excluding hydrogens is 524 g/mol. The van der Waals surface area contributed by atoms with Gasteiger partial charge < -0.3 is 9.47 Å². The van der Waals surface area contributed by atoms with Crippen molar-refractivity contribution in [1.29, 1.82) is 15.8 Å². The van der Waals surface area contributed by atoms with E-state index in [0.717, 1.165) is 18.2 Å². The molecule has 0 unspecified atom stereocenters. The first-order valence-electron chi connectivity index (χ1n) is 11.0. The summed E-state index contributed by atoms with van der Waals surface area (Å²) in [5.74, 6) is -1.03. The van der Waals surface area contributed by atoms with E-state index in [1.165, 1.54) is 25.1 Å². The molecule has 0 heterocycles. The summed E-state index contributed by atoms with van der Waals surface area (Å²) < 4.78 is 85.3. The van der Waals surface area contributed by atoms with Crippen molar-refractivity contribution in [1.82, 2.24) is 0 Å². The molecule has 3 aromatic rings. The van der Waals surface area contributed by atoms with Gasteiger partial charge in [0.1, 0.15) is 29.2 Å². The van der Waals surface area contributed by atoms with Gasteiger partial charge >= 0.3 is 12.7 Å². The fourth-order valence-corrected chi connectivity index (χ4v) is 4.94. The Morgan fingerprint density at radius 1 is 0.564 bits per heavy atom. The number of alkyl halides is 6. The minimum atomic E-state index is -4.97. The van der Waals surface area contributed by atoms with E-state index < -0.39 is 24.2 Å². The van der Waals surface area contributed by atoms with Gasteiger partial charge in [-0.1, -0.05) is 12.1 Å². The quantitative estimate of drug-likeness (QED) is 0.171. The Labute approximate surface area is 216 Å². The van der Waals surface area contributed by atoms with Crippen LogP contribution in [0.4, 0.5) is 26.3 Å². The van der Waals surface area contributed by atoms with Gasteiger partial charge in [0.15, 0.2) is 0 Å². The van der Waals surface area contributed by atoms with Gasteiger partial charge in [0.05, 0.1) is 6.07 Å². The van der Waals surface area contributed by atoms with Crippen molar-refractivity contribution in [2.45, 2.75) is 19.6 Å². The number of ether oxygens (including phenoxy) is 2. The first kappa shape index (κ1) is 25.4. The van der Waals surface area contributed by atoms with Crippen LogP contribution in [0.15, 0.2) is 59.7 Å². The van der Waals surface area contributed by atoms with Gasteiger partial charge in [-0.05, 0) is 87.8 Å². The van der Waals surface area contributed by atoms with E-state index in [0.29, 0.717) is 44.5 Å². The largest absolute Gasteiger partial charge is 0.573 e. The van der Waals surface area contributed by atoms with Crippen molar-refractivity contribution >= 4 is 11.1 Å². The van der Waals surface area contributed by atoms with Crippen LogP contribution in [-0.4, -0.2) is 12.7 Å². The van der Waals surface area contributed by atoms with Crippen molar-refractivity contribution in [3.8, 4) is 52.0 Å². The summed E-state index contributed by atoms with van der Waals surface area (Å²) in [5, 5.41) is 28.9. The lowest BCUT2D eigenvalue weighted by atomic mass is 9.93. The molecular formula is C28H11F6N3O2. The topological polar surface area (TPSA) is 89.8 Å². The summed E-state index contributed by atoms with van der Waals surface area (Å²) in [5.41, 5.74) is 3.45. The molecule has 2 aliphatic rings. The van der Waals surface area contributed by atoms with E-state index in [1.54, 1.807) is 24.3 Å².